The Morgan fingerprint density at radius 3 is 2.46 bits per heavy atom. The fourth-order valence-electron chi connectivity index (χ4n) is 2.40. The lowest BCUT2D eigenvalue weighted by Gasteiger charge is -2.14. The zero-order valence-corrected chi connectivity index (χ0v) is 12.9. The molecule has 0 unspecified atom stereocenters. The van der Waals surface area contributed by atoms with Crippen molar-refractivity contribution in [3.63, 3.8) is 0 Å². The minimum atomic E-state index is -0.274. The van der Waals surface area contributed by atoms with Gasteiger partial charge < -0.3 is 9.73 Å². The molecule has 1 aromatic carbocycles. The second kappa shape index (κ2) is 6.95. The topological polar surface area (TPSA) is 79.6 Å². The van der Waals surface area contributed by atoms with Crippen LogP contribution in [0.4, 0.5) is 5.69 Å². The molecule has 2 heterocycles. The monoisotopic (exact) mass is 324 g/mol. The summed E-state index contributed by atoms with van der Waals surface area (Å²) in [6, 6.07) is 10.5. The van der Waals surface area contributed by atoms with Gasteiger partial charge in [0.2, 0.25) is 17.7 Å². The van der Waals surface area contributed by atoms with Crippen LogP contribution in [0.25, 0.3) is 6.08 Å². The maximum Gasteiger partial charge on any atom is 0.248 e. The van der Waals surface area contributed by atoms with Gasteiger partial charge in [0.1, 0.15) is 5.76 Å². The van der Waals surface area contributed by atoms with Crippen LogP contribution >= 0.6 is 0 Å². The predicted octanol–water partition coefficient (Wildman–Crippen LogP) is 2.58. The van der Waals surface area contributed by atoms with Crippen LogP contribution in [0, 0.1) is 0 Å². The molecule has 3 amide bonds. The molecule has 0 radical (unpaired) electrons. The number of carbonyl (C=O) groups is 3. The van der Waals surface area contributed by atoms with Crippen LogP contribution in [0.1, 0.15) is 24.2 Å². The minimum absolute atomic E-state index is 0.138. The van der Waals surface area contributed by atoms with Crippen molar-refractivity contribution in [3.8, 4) is 0 Å². The highest BCUT2D eigenvalue weighted by atomic mass is 16.3. The number of hydrogen-bond acceptors (Lipinski definition) is 4. The molecular weight excluding hydrogens is 308 g/mol. The summed E-state index contributed by atoms with van der Waals surface area (Å²) in [6.07, 6.45) is 5.07. The molecule has 1 fully saturated rings. The Morgan fingerprint density at radius 1 is 1.12 bits per heavy atom. The maximum absolute atomic E-state index is 11.8. The highest BCUT2D eigenvalue weighted by Crippen LogP contribution is 2.17. The molecule has 0 atom stereocenters. The summed E-state index contributed by atoms with van der Waals surface area (Å²) in [6.45, 7) is 0.268. The van der Waals surface area contributed by atoms with Crippen molar-refractivity contribution in [2.45, 2.75) is 19.4 Å². The Bertz CT molecular complexity index is 760. The van der Waals surface area contributed by atoms with E-state index in [2.05, 4.69) is 5.32 Å². The number of amides is 3. The number of likely N-dealkylation sites (tertiary alicyclic amines) is 1. The normalized spacial score (nSPS) is 14.6. The zero-order valence-electron chi connectivity index (χ0n) is 12.9. The maximum atomic E-state index is 11.8. The van der Waals surface area contributed by atoms with Gasteiger partial charge in [0.05, 0.1) is 12.8 Å². The minimum Gasteiger partial charge on any atom is -0.465 e. The fraction of sp³-hybridized carbons (Fsp3) is 0.167. The molecule has 0 bridgehead atoms. The standard InChI is InChI=1S/C18H16N2O4/c21-16(8-7-15-2-1-11-24-15)19-14-5-3-13(4-6-14)12-20-17(22)9-10-18(20)23/h1-8,11H,9-10,12H2,(H,19,21). The van der Waals surface area contributed by atoms with Crippen LogP contribution in [-0.4, -0.2) is 22.6 Å². The average Bonchev–Trinajstić information content (AvgIpc) is 3.20. The molecule has 0 spiro atoms. The molecule has 122 valence electrons. The number of carbonyl (C=O) groups excluding carboxylic acids is 3. The van der Waals surface area contributed by atoms with Gasteiger partial charge in [0, 0.05) is 24.6 Å². The molecule has 2 aromatic rings. The van der Waals surface area contributed by atoms with Crippen LogP contribution in [0.2, 0.25) is 0 Å². The summed E-state index contributed by atoms with van der Waals surface area (Å²) >= 11 is 0. The van der Waals surface area contributed by atoms with E-state index in [1.54, 1.807) is 42.5 Å². The Balaban J connectivity index is 1.57. The van der Waals surface area contributed by atoms with E-state index < -0.39 is 0 Å². The van der Waals surface area contributed by atoms with Crippen molar-refractivity contribution in [2.75, 3.05) is 5.32 Å². The summed E-state index contributed by atoms with van der Waals surface area (Å²) < 4.78 is 5.10. The predicted molar refractivity (Wildman–Crippen MR) is 87.6 cm³/mol. The van der Waals surface area contributed by atoms with Crippen LogP contribution in [0.3, 0.4) is 0 Å². The summed E-state index contributed by atoms with van der Waals surface area (Å²) in [5.74, 6) is 0.0466. The lowest BCUT2D eigenvalue weighted by atomic mass is 10.2. The number of furan rings is 1. The fourth-order valence-corrected chi connectivity index (χ4v) is 2.40. The molecule has 1 aromatic heterocycles. The smallest absolute Gasteiger partial charge is 0.248 e. The average molecular weight is 324 g/mol. The summed E-state index contributed by atoms with van der Waals surface area (Å²) in [4.78, 5) is 36.3. The molecule has 24 heavy (non-hydrogen) atoms. The highest BCUT2D eigenvalue weighted by molar-refractivity contribution is 6.02. The Kier molecular flexibility index (Phi) is 4.56. The second-order valence-corrected chi connectivity index (χ2v) is 5.41. The number of nitrogens with zero attached hydrogens (tertiary/aromatic N) is 1. The summed E-state index contributed by atoms with van der Waals surface area (Å²) in [5.41, 5.74) is 1.47. The van der Waals surface area contributed by atoms with Crippen molar-refractivity contribution in [2.24, 2.45) is 0 Å². The van der Waals surface area contributed by atoms with Gasteiger partial charge in [-0.1, -0.05) is 12.1 Å². The first kappa shape index (κ1) is 15.7. The van der Waals surface area contributed by atoms with Crippen LogP contribution < -0.4 is 5.32 Å². The number of benzene rings is 1. The summed E-state index contributed by atoms with van der Waals surface area (Å²) in [7, 11) is 0. The van der Waals surface area contributed by atoms with E-state index in [9.17, 15) is 14.4 Å². The molecule has 1 aliphatic rings. The Hall–Kier alpha value is -3.15. The van der Waals surface area contributed by atoms with Gasteiger partial charge in [0.25, 0.3) is 0 Å². The first-order chi connectivity index (χ1) is 11.6. The quantitative estimate of drug-likeness (QED) is 0.677. The molecule has 1 N–H and O–H groups in total. The van der Waals surface area contributed by atoms with Gasteiger partial charge in [-0.2, -0.15) is 0 Å². The van der Waals surface area contributed by atoms with Crippen molar-refractivity contribution in [1.29, 1.82) is 0 Å². The third-order valence-electron chi connectivity index (χ3n) is 3.66. The van der Waals surface area contributed by atoms with E-state index in [0.29, 0.717) is 11.4 Å². The van der Waals surface area contributed by atoms with Crippen molar-refractivity contribution in [1.82, 2.24) is 4.90 Å². The van der Waals surface area contributed by atoms with Gasteiger partial charge in [-0.15, -0.1) is 0 Å². The van der Waals surface area contributed by atoms with E-state index in [0.717, 1.165) is 5.56 Å². The van der Waals surface area contributed by atoms with Gasteiger partial charge in [-0.25, -0.2) is 0 Å². The van der Waals surface area contributed by atoms with E-state index in [1.165, 1.54) is 17.2 Å². The Labute approximate surface area is 138 Å². The van der Waals surface area contributed by atoms with E-state index in [1.807, 2.05) is 0 Å². The van der Waals surface area contributed by atoms with Gasteiger partial charge >= 0.3 is 0 Å². The first-order valence-corrected chi connectivity index (χ1v) is 7.56. The molecular formula is C18H16N2O4. The molecule has 1 saturated heterocycles. The molecule has 0 saturated carbocycles. The van der Waals surface area contributed by atoms with Crippen molar-refractivity contribution < 1.29 is 18.8 Å². The highest BCUT2D eigenvalue weighted by Gasteiger charge is 2.28. The van der Waals surface area contributed by atoms with Crippen LogP contribution in [0.5, 0.6) is 0 Å². The van der Waals surface area contributed by atoms with Crippen LogP contribution in [0.15, 0.2) is 53.2 Å². The number of rotatable bonds is 5. The molecule has 6 heteroatoms. The van der Waals surface area contributed by atoms with Gasteiger partial charge in [0.15, 0.2) is 0 Å². The van der Waals surface area contributed by atoms with Gasteiger partial charge in [-0.05, 0) is 35.9 Å². The molecule has 6 nitrogen and oxygen atoms in total. The van der Waals surface area contributed by atoms with Crippen LogP contribution in [-0.2, 0) is 20.9 Å². The number of hydrogen-bond donors (Lipinski definition) is 1. The third-order valence-corrected chi connectivity index (χ3v) is 3.66. The second-order valence-electron chi connectivity index (χ2n) is 5.41. The lowest BCUT2D eigenvalue weighted by Crippen LogP contribution is -2.28. The van der Waals surface area contributed by atoms with E-state index in [4.69, 9.17) is 4.42 Å². The van der Waals surface area contributed by atoms with Crippen molar-refractivity contribution >= 4 is 29.5 Å². The van der Waals surface area contributed by atoms with E-state index in [-0.39, 0.29) is 37.1 Å². The SMILES string of the molecule is O=C(C=Cc1ccco1)Nc1ccc(CN2C(=O)CCC2=O)cc1. The van der Waals surface area contributed by atoms with E-state index >= 15 is 0 Å². The summed E-state index contributed by atoms with van der Waals surface area (Å²) in [5, 5.41) is 2.73. The first-order valence-electron chi connectivity index (χ1n) is 7.56. The zero-order chi connectivity index (χ0) is 16.9. The lowest BCUT2D eigenvalue weighted by molar-refractivity contribution is -0.139. The number of anilines is 1. The molecule has 3 rings (SSSR count). The Morgan fingerprint density at radius 2 is 1.83 bits per heavy atom. The largest absolute Gasteiger partial charge is 0.465 e. The van der Waals surface area contributed by atoms with Crippen molar-refractivity contribution in [3.05, 3.63) is 60.1 Å². The molecule has 1 aliphatic heterocycles. The third kappa shape index (κ3) is 3.78. The van der Waals surface area contributed by atoms with Gasteiger partial charge in [-0.3, -0.25) is 19.3 Å². The molecule has 0 aliphatic carbocycles. The number of imide groups is 1. The number of nitrogens with one attached hydrogen (secondary N) is 1.